The summed E-state index contributed by atoms with van der Waals surface area (Å²) in [6.07, 6.45) is 0. The number of amides is 1. The molecule has 1 atom stereocenters. The number of hydrogen-bond donors (Lipinski definition) is 1. The van der Waals surface area contributed by atoms with Gasteiger partial charge in [0.15, 0.2) is 5.78 Å². The van der Waals surface area contributed by atoms with E-state index in [1.54, 1.807) is 11.8 Å². The van der Waals surface area contributed by atoms with E-state index in [2.05, 4.69) is 19.2 Å². The molecule has 0 aromatic carbocycles. The molecule has 0 radical (unpaired) electrons. The molecule has 1 N–H and O–H groups in total. The van der Waals surface area contributed by atoms with Gasteiger partial charge in [0.05, 0.1) is 6.04 Å². The minimum Gasteiger partial charge on any atom is -0.346 e. The summed E-state index contributed by atoms with van der Waals surface area (Å²) in [5, 5.41) is 3.18. The monoisotopic (exact) mass is 231 g/mol. The number of hydrogen-bond acceptors (Lipinski definition) is 3. The van der Waals surface area contributed by atoms with Crippen molar-refractivity contribution in [2.24, 2.45) is 5.92 Å². The van der Waals surface area contributed by atoms with E-state index < -0.39 is 0 Å². The molecule has 0 saturated heterocycles. The third kappa shape index (κ3) is 6.55. The van der Waals surface area contributed by atoms with Gasteiger partial charge in [0.1, 0.15) is 0 Å². The molecule has 0 aromatic heterocycles. The van der Waals surface area contributed by atoms with Gasteiger partial charge < -0.3 is 5.32 Å². The molecule has 0 bridgehead atoms. The van der Waals surface area contributed by atoms with E-state index in [0.717, 1.165) is 0 Å². The normalized spacial score (nSPS) is 13.0. The quantitative estimate of drug-likeness (QED) is 0.759. The molecule has 0 aromatic rings. The first-order chi connectivity index (χ1) is 6.84. The predicted octanol–water partition coefficient (Wildman–Crippen LogP) is 1.86. The summed E-state index contributed by atoms with van der Waals surface area (Å²) in [6, 6.07) is -0.338. The molecule has 0 heterocycles. The molecule has 0 saturated carbocycles. The fourth-order valence-corrected chi connectivity index (χ4v) is 1.96. The Labute approximate surface area is 96.4 Å². The summed E-state index contributed by atoms with van der Waals surface area (Å²) in [4.78, 5) is 22.7. The molecule has 0 spiro atoms. The summed E-state index contributed by atoms with van der Waals surface area (Å²) in [7, 11) is 0. The van der Waals surface area contributed by atoms with Crippen molar-refractivity contribution in [1.29, 1.82) is 0 Å². The van der Waals surface area contributed by atoms with Crippen LogP contribution in [0.5, 0.6) is 0 Å². The maximum atomic E-state index is 11.8. The number of rotatable bonds is 6. The summed E-state index contributed by atoms with van der Waals surface area (Å²) in [5.41, 5.74) is 0. The van der Waals surface area contributed by atoms with Gasteiger partial charge in [0.25, 0.3) is 0 Å². The van der Waals surface area contributed by atoms with Gasteiger partial charge in [-0.1, -0.05) is 27.7 Å². The van der Waals surface area contributed by atoms with Crippen LogP contribution in [0.15, 0.2) is 0 Å². The van der Waals surface area contributed by atoms with Gasteiger partial charge in [0, 0.05) is 18.6 Å². The summed E-state index contributed by atoms with van der Waals surface area (Å²) < 4.78 is 0. The van der Waals surface area contributed by atoms with E-state index in [1.165, 1.54) is 6.92 Å². The molecule has 88 valence electrons. The van der Waals surface area contributed by atoms with Crippen molar-refractivity contribution < 1.29 is 9.59 Å². The zero-order valence-electron chi connectivity index (χ0n) is 10.2. The Kier molecular flexibility index (Phi) is 6.65. The molecule has 0 rings (SSSR count). The van der Waals surface area contributed by atoms with Crippen molar-refractivity contribution in [3.8, 4) is 0 Å². The lowest BCUT2D eigenvalue weighted by molar-refractivity contribution is -0.128. The molecule has 0 unspecified atom stereocenters. The van der Waals surface area contributed by atoms with E-state index in [9.17, 15) is 9.59 Å². The highest BCUT2D eigenvalue weighted by molar-refractivity contribution is 7.99. The standard InChI is InChI=1S/C11H21NO2S/c1-7(2)11(14)10(12-9(5)13)6-15-8(3)4/h7-8,10H,6H2,1-5H3,(H,12,13)/t10-/m0/s1. The van der Waals surface area contributed by atoms with Crippen LogP contribution in [0.25, 0.3) is 0 Å². The minimum atomic E-state index is -0.338. The van der Waals surface area contributed by atoms with Gasteiger partial charge in [0.2, 0.25) is 5.91 Å². The highest BCUT2D eigenvalue weighted by Crippen LogP contribution is 2.13. The lowest BCUT2D eigenvalue weighted by Crippen LogP contribution is -2.43. The van der Waals surface area contributed by atoms with Crippen molar-refractivity contribution in [3.05, 3.63) is 0 Å². The zero-order chi connectivity index (χ0) is 12.0. The van der Waals surface area contributed by atoms with Crippen LogP contribution < -0.4 is 5.32 Å². The first-order valence-corrected chi connectivity index (χ1v) is 6.32. The zero-order valence-corrected chi connectivity index (χ0v) is 11.0. The first kappa shape index (κ1) is 14.5. The number of Topliss-reactive ketones (excluding diaryl/α,β-unsaturated/α-hetero) is 1. The molecule has 3 nitrogen and oxygen atoms in total. The molecule has 15 heavy (non-hydrogen) atoms. The second kappa shape index (κ2) is 6.88. The Morgan fingerprint density at radius 3 is 2.07 bits per heavy atom. The lowest BCUT2D eigenvalue weighted by atomic mass is 10.0. The molecular formula is C11H21NO2S. The summed E-state index contributed by atoms with van der Waals surface area (Å²) in [5.74, 6) is 0.597. The molecule has 1 amide bonds. The van der Waals surface area contributed by atoms with Gasteiger partial charge in [-0.3, -0.25) is 9.59 Å². The van der Waals surface area contributed by atoms with Crippen molar-refractivity contribution >= 4 is 23.5 Å². The Bertz CT molecular complexity index is 227. The molecule has 0 fully saturated rings. The van der Waals surface area contributed by atoms with Crippen molar-refractivity contribution in [2.75, 3.05) is 5.75 Å². The lowest BCUT2D eigenvalue weighted by Gasteiger charge is -2.19. The first-order valence-electron chi connectivity index (χ1n) is 5.27. The second-order valence-electron chi connectivity index (χ2n) is 4.19. The number of ketones is 1. The van der Waals surface area contributed by atoms with Gasteiger partial charge >= 0.3 is 0 Å². The van der Waals surface area contributed by atoms with Crippen molar-refractivity contribution in [3.63, 3.8) is 0 Å². The van der Waals surface area contributed by atoms with E-state index >= 15 is 0 Å². The number of nitrogens with one attached hydrogen (secondary N) is 1. The van der Waals surface area contributed by atoms with Crippen LogP contribution in [0.2, 0.25) is 0 Å². The predicted molar refractivity (Wildman–Crippen MR) is 65.0 cm³/mol. The third-order valence-electron chi connectivity index (χ3n) is 1.89. The average molecular weight is 231 g/mol. The van der Waals surface area contributed by atoms with E-state index in [4.69, 9.17) is 0 Å². The van der Waals surface area contributed by atoms with Crippen LogP contribution >= 0.6 is 11.8 Å². The topological polar surface area (TPSA) is 46.2 Å². The van der Waals surface area contributed by atoms with Gasteiger partial charge in [-0.15, -0.1) is 0 Å². The largest absolute Gasteiger partial charge is 0.346 e. The van der Waals surface area contributed by atoms with Crippen LogP contribution in [-0.2, 0) is 9.59 Å². The van der Waals surface area contributed by atoms with Gasteiger partial charge in [-0.2, -0.15) is 11.8 Å². The minimum absolute atomic E-state index is 0.0328. The molecule has 0 aliphatic rings. The van der Waals surface area contributed by atoms with Crippen molar-refractivity contribution in [1.82, 2.24) is 5.32 Å². The Balaban J connectivity index is 4.30. The number of carbonyl (C=O) groups excluding carboxylic acids is 2. The van der Waals surface area contributed by atoms with Gasteiger partial charge in [-0.05, 0) is 5.25 Å². The van der Waals surface area contributed by atoms with E-state index in [-0.39, 0.29) is 23.7 Å². The molecule has 0 aliphatic heterocycles. The van der Waals surface area contributed by atoms with Crippen LogP contribution in [0.4, 0.5) is 0 Å². The Morgan fingerprint density at radius 1 is 1.20 bits per heavy atom. The smallest absolute Gasteiger partial charge is 0.217 e. The Morgan fingerprint density at radius 2 is 1.73 bits per heavy atom. The number of carbonyl (C=O) groups is 2. The Hall–Kier alpha value is -0.510. The van der Waals surface area contributed by atoms with E-state index in [1.807, 2.05) is 13.8 Å². The second-order valence-corrected chi connectivity index (χ2v) is 5.80. The van der Waals surface area contributed by atoms with Crippen LogP contribution in [0, 0.1) is 5.92 Å². The molecular weight excluding hydrogens is 210 g/mol. The summed E-state index contributed by atoms with van der Waals surface area (Å²) >= 11 is 1.69. The van der Waals surface area contributed by atoms with Gasteiger partial charge in [-0.25, -0.2) is 0 Å². The average Bonchev–Trinajstić information content (AvgIpc) is 2.10. The molecule has 0 aliphatic carbocycles. The number of thioether (sulfide) groups is 1. The SMILES string of the molecule is CC(=O)N[C@@H](CSC(C)C)C(=O)C(C)C. The third-order valence-corrected chi connectivity index (χ3v) is 3.08. The fourth-order valence-electron chi connectivity index (χ4n) is 1.13. The highest BCUT2D eigenvalue weighted by atomic mass is 32.2. The van der Waals surface area contributed by atoms with Crippen LogP contribution in [-0.4, -0.2) is 28.7 Å². The van der Waals surface area contributed by atoms with Crippen LogP contribution in [0.1, 0.15) is 34.6 Å². The maximum absolute atomic E-state index is 11.8. The van der Waals surface area contributed by atoms with Crippen molar-refractivity contribution in [2.45, 2.75) is 45.9 Å². The molecule has 4 heteroatoms. The maximum Gasteiger partial charge on any atom is 0.217 e. The van der Waals surface area contributed by atoms with E-state index in [0.29, 0.717) is 11.0 Å². The highest BCUT2D eigenvalue weighted by Gasteiger charge is 2.22. The van der Waals surface area contributed by atoms with Crippen LogP contribution in [0.3, 0.4) is 0 Å². The fraction of sp³-hybridized carbons (Fsp3) is 0.818. The summed E-state index contributed by atoms with van der Waals surface area (Å²) in [6.45, 7) is 9.32.